The Morgan fingerprint density at radius 3 is 3.00 bits per heavy atom. The summed E-state index contributed by atoms with van der Waals surface area (Å²) in [5.41, 5.74) is 2.56. The number of halogens is 1. The number of nitrogens with zero attached hydrogens (tertiary/aromatic N) is 3. The first kappa shape index (κ1) is 12.2. The minimum absolute atomic E-state index is 0.425. The van der Waals surface area contributed by atoms with Gasteiger partial charge in [0.25, 0.3) is 0 Å². The number of ether oxygens (including phenoxy) is 1. The molecule has 98 valence electrons. The Balaban J connectivity index is 1.90. The lowest BCUT2D eigenvalue weighted by molar-refractivity contribution is 0.407. The van der Waals surface area contributed by atoms with Gasteiger partial charge in [-0.2, -0.15) is 0 Å². The average molecular weight is 276 g/mol. The fourth-order valence-electron chi connectivity index (χ4n) is 2.45. The number of anilines is 1. The van der Waals surface area contributed by atoms with Crippen molar-refractivity contribution >= 4 is 17.4 Å². The largest absolute Gasteiger partial charge is 0.496 e. The quantitative estimate of drug-likeness (QED) is 0.845. The zero-order valence-corrected chi connectivity index (χ0v) is 11.4. The number of benzene rings is 1. The van der Waals surface area contributed by atoms with Crippen molar-refractivity contribution in [2.75, 3.05) is 18.6 Å². The molecule has 19 heavy (non-hydrogen) atoms. The summed E-state index contributed by atoms with van der Waals surface area (Å²) in [6, 6.07) is 6.15. The maximum absolute atomic E-state index is 5.89. The highest BCUT2D eigenvalue weighted by atomic mass is 35.5. The molecule has 5 heteroatoms. The van der Waals surface area contributed by atoms with E-state index in [2.05, 4.69) is 20.9 Å². The van der Waals surface area contributed by atoms with Gasteiger partial charge in [0.2, 0.25) is 0 Å². The molecule has 1 aromatic heterocycles. The van der Waals surface area contributed by atoms with E-state index in [1.54, 1.807) is 19.5 Å². The molecule has 2 aromatic rings. The van der Waals surface area contributed by atoms with Gasteiger partial charge in [-0.1, -0.05) is 23.7 Å². The summed E-state index contributed by atoms with van der Waals surface area (Å²) < 4.78 is 5.41. The van der Waals surface area contributed by atoms with E-state index in [9.17, 15) is 0 Å². The monoisotopic (exact) mass is 275 g/mol. The Hall–Kier alpha value is -1.81. The Labute approximate surface area is 117 Å². The van der Waals surface area contributed by atoms with E-state index in [1.165, 1.54) is 11.1 Å². The molecule has 0 unspecified atom stereocenters. The van der Waals surface area contributed by atoms with Crippen LogP contribution in [0.4, 0.5) is 5.82 Å². The highest BCUT2D eigenvalue weighted by Crippen LogP contribution is 2.29. The normalized spacial score (nSPS) is 14.1. The van der Waals surface area contributed by atoms with Crippen LogP contribution in [0.2, 0.25) is 5.15 Å². The predicted octanol–water partition coefficient (Wildman–Crippen LogP) is 2.70. The van der Waals surface area contributed by atoms with E-state index in [0.29, 0.717) is 5.15 Å². The van der Waals surface area contributed by atoms with Crippen molar-refractivity contribution in [3.63, 3.8) is 0 Å². The molecule has 0 atom stereocenters. The topological polar surface area (TPSA) is 38.2 Å². The lowest BCUT2D eigenvalue weighted by Crippen LogP contribution is -2.31. The van der Waals surface area contributed by atoms with Gasteiger partial charge in [0.05, 0.1) is 19.5 Å². The van der Waals surface area contributed by atoms with Crippen LogP contribution in [0.1, 0.15) is 11.1 Å². The van der Waals surface area contributed by atoms with Crippen molar-refractivity contribution < 1.29 is 4.74 Å². The summed E-state index contributed by atoms with van der Waals surface area (Å²) in [6.07, 6.45) is 4.23. The van der Waals surface area contributed by atoms with Crippen molar-refractivity contribution in [3.8, 4) is 5.75 Å². The van der Waals surface area contributed by atoms with Crippen molar-refractivity contribution in [2.24, 2.45) is 0 Å². The van der Waals surface area contributed by atoms with Crippen LogP contribution in [-0.2, 0) is 13.0 Å². The van der Waals surface area contributed by atoms with Gasteiger partial charge in [-0.3, -0.25) is 4.98 Å². The highest BCUT2D eigenvalue weighted by molar-refractivity contribution is 6.29. The molecule has 0 amide bonds. The Kier molecular flexibility index (Phi) is 3.25. The summed E-state index contributed by atoms with van der Waals surface area (Å²) in [4.78, 5) is 10.6. The van der Waals surface area contributed by atoms with E-state index in [4.69, 9.17) is 16.3 Å². The second-order valence-electron chi connectivity index (χ2n) is 4.47. The zero-order chi connectivity index (χ0) is 13.2. The first-order chi connectivity index (χ1) is 9.28. The maximum atomic E-state index is 5.89. The van der Waals surface area contributed by atoms with Crippen LogP contribution >= 0.6 is 11.6 Å². The van der Waals surface area contributed by atoms with Crippen LogP contribution < -0.4 is 9.64 Å². The van der Waals surface area contributed by atoms with Crippen molar-refractivity contribution in [1.82, 2.24) is 9.97 Å². The summed E-state index contributed by atoms with van der Waals surface area (Å²) in [5, 5.41) is 0.425. The van der Waals surface area contributed by atoms with Gasteiger partial charge in [-0.25, -0.2) is 4.98 Å². The number of aromatic nitrogens is 2. The molecule has 3 rings (SSSR count). The number of fused-ring (bicyclic) bond motifs is 1. The molecule has 0 saturated heterocycles. The molecule has 0 aliphatic carbocycles. The fraction of sp³-hybridized carbons (Fsp3) is 0.286. The van der Waals surface area contributed by atoms with Crippen molar-refractivity contribution in [2.45, 2.75) is 13.0 Å². The van der Waals surface area contributed by atoms with E-state index < -0.39 is 0 Å². The average Bonchev–Trinajstić information content (AvgIpc) is 2.46. The van der Waals surface area contributed by atoms with Gasteiger partial charge in [0.1, 0.15) is 16.7 Å². The van der Waals surface area contributed by atoms with E-state index in [1.807, 2.05) is 12.1 Å². The van der Waals surface area contributed by atoms with Crippen LogP contribution in [0.3, 0.4) is 0 Å². The molecule has 4 nitrogen and oxygen atoms in total. The van der Waals surface area contributed by atoms with Gasteiger partial charge < -0.3 is 9.64 Å². The van der Waals surface area contributed by atoms with Crippen molar-refractivity contribution in [3.05, 3.63) is 46.9 Å². The zero-order valence-electron chi connectivity index (χ0n) is 10.6. The molecule has 0 N–H and O–H groups in total. The molecule has 1 aromatic carbocycles. The SMILES string of the molecule is COc1cccc2c1CCN(c1cncc(Cl)n1)C2. The molecule has 0 fully saturated rings. The Bertz CT molecular complexity index is 603. The minimum Gasteiger partial charge on any atom is -0.496 e. The standard InChI is InChI=1S/C14H14ClN3O/c1-19-12-4-2-3-10-9-18(6-5-11(10)12)14-8-16-7-13(15)17-14/h2-4,7-8H,5-6,9H2,1H3. The van der Waals surface area contributed by atoms with Crippen LogP contribution in [0.5, 0.6) is 5.75 Å². The molecule has 0 saturated carbocycles. The second-order valence-corrected chi connectivity index (χ2v) is 4.86. The predicted molar refractivity (Wildman–Crippen MR) is 74.8 cm³/mol. The van der Waals surface area contributed by atoms with E-state index in [-0.39, 0.29) is 0 Å². The van der Waals surface area contributed by atoms with Crippen molar-refractivity contribution in [1.29, 1.82) is 0 Å². The molecule has 0 radical (unpaired) electrons. The first-order valence-electron chi connectivity index (χ1n) is 6.15. The fourth-order valence-corrected chi connectivity index (χ4v) is 2.59. The van der Waals surface area contributed by atoms with Crippen LogP contribution in [0.25, 0.3) is 0 Å². The summed E-state index contributed by atoms with van der Waals surface area (Å²) in [5.74, 6) is 1.79. The molecule has 1 aliphatic heterocycles. The third-order valence-corrected chi connectivity index (χ3v) is 3.54. The number of methoxy groups -OCH3 is 1. The lowest BCUT2D eigenvalue weighted by atomic mass is 9.99. The molecule has 1 aliphatic rings. The number of hydrogen-bond acceptors (Lipinski definition) is 4. The second kappa shape index (κ2) is 5.05. The van der Waals surface area contributed by atoms with Gasteiger partial charge in [-0.05, 0) is 18.1 Å². The van der Waals surface area contributed by atoms with E-state index in [0.717, 1.165) is 31.1 Å². The lowest BCUT2D eigenvalue weighted by Gasteiger charge is -2.30. The number of rotatable bonds is 2. The molecule has 2 heterocycles. The molecular weight excluding hydrogens is 262 g/mol. The van der Waals surface area contributed by atoms with Crippen LogP contribution in [0, 0.1) is 0 Å². The smallest absolute Gasteiger partial charge is 0.149 e. The minimum atomic E-state index is 0.425. The van der Waals surface area contributed by atoms with Crippen LogP contribution in [-0.4, -0.2) is 23.6 Å². The van der Waals surface area contributed by atoms with Gasteiger partial charge in [0.15, 0.2) is 0 Å². The Morgan fingerprint density at radius 1 is 1.32 bits per heavy atom. The third kappa shape index (κ3) is 2.36. The number of hydrogen-bond donors (Lipinski definition) is 0. The third-order valence-electron chi connectivity index (χ3n) is 3.36. The van der Waals surface area contributed by atoms with Gasteiger partial charge in [-0.15, -0.1) is 0 Å². The molecule has 0 spiro atoms. The first-order valence-corrected chi connectivity index (χ1v) is 6.53. The summed E-state index contributed by atoms with van der Waals surface area (Å²) in [7, 11) is 1.71. The summed E-state index contributed by atoms with van der Waals surface area (Å²) >= 11 is 5.89. The van der Waals surface area contributed by atoms with Crippen LogP contribution in [0.15, 0.2) is 30.6 Å². The van der Waals surface area contributed by atoms with Gasteiger partial charge in [0, 0.05) is 18.7 Å². The molecular formula is C14H14ClN3O. The summed E-state index contributed by atoms with van der Waals surface area (Å²) in [6.45, 7) is 1.70. The Morgan fingerprint density at radius 2 is 2.21 bits per heavy atom. The highest BCUT2D eigenvalue weighted by Gasteiger charge is 2.20. The van der Waals surface area contributed by atoms with E-state index >= 15 is 0 Å². The van der Waals surface area contributed by atoms with Gasteiger partial charge >= 0.3 is 0 Å². The molecule has 0 bridgehead atoms. The maximum Gasteiger partial charge on any atom is 0.149 e.